The fourth-order valence-corrected chi connectivity index (χ4v) is 2.97. The van der Waals surface area contributed by atoms with Crippen LogP contribution in [0.4, 0.5) is 10.1 Å². The van der Waals surface area contributed by atoms with E-state index in [1.165, 1.54) is 23.1 Å². The molecule has 2 N–H and O–H groups in total. The van der Waals surface area contributed by atoms with Gasteiger partial charge in [0.25, 0.3) is 11.8 Å². The van der Waals surface area contributed by atoms with Crippen molar-refractivity contribution in [1.82, 2.24) is 5.32 Å². The topological polar surface area (TPSA) is 69.6 Å². The predicted molar refractivity (Wildman–Crippen MR) is 91.6 cm³/mol. The Labute approximate surface area is 149 Å². The minimum absolute atomic E-state index is 0.0371. The maximum absolute atomic E-state index is 13.7. The Morgan fingerprint density at radius 2 is 2.00 bits per heavy atom. The van der Waals surface area contributed by atoms with E-state index in [-0.39, 0.29) is 25.1 Å². The molecule has 1 aliphatic heterocycles. The standard InChI is InChI=1S/C18H16ClFN2O3/c19-13-6-7-15(20)12(10-13)11-21-16(23)18(25)8-9-22(17(18)24)14-4-2-1-3-5-14/h1-7,10,25H,8-9,11H2,(H,21,23). The second-order valence-corrected chi connectivity index (χ2v) is 6.26. The maximum Gasteiger partial charge on any atom is 0.268 e. The van der Waals surface area contributed by atoms with Crippen LogP contribution in [0, 0.1) is 5.82 Å². The van der Waals surface area contributed by atoms with Crippen molar-refractivity contribution in [2.24, 2.45) is 0 Å². The van der Waals surface area contributed by atoms with Crippen LogP contribution in [0.2, 0.25) is 5.02 Å². The fraction of sp³-hybridized carbons (Fsp3) is 0.222. The van der Waals surface area contributed by atoms with Crippen molar-refractivity contribution in [3.05, 3.63) is 64.9 Å². The summed E-state index contributed by atoms with van der Waals surface area (Å²) < 4.78 is 13.7. The Morgan fingerprint density at radius 1 is 1.28 bits per heavy atom. The van der Waals surface area contributed by atoms with Gasteiger partial charge in [-0.2, -0.15) is 0 Å². The molecule has 130 valence electrons. The van der Waals surface area contributed by atoms with E-state index >= 15 is 0 Å². The number of anilines is 1. The number of carbonyl (C=O) groups is 2. The van der Waals surface area contributed by atoms with Crippen LogP contribution in [0.1, 0.15) is 12.0 Å². The molecule has 0 radical (unpaired) electrons. The summed E-state index contributed by atoms with van der Waals surface area (Å²) in [4.78, 5) is 26.2. The first kappa shape index (κ1) is 17.4. The molecule has 2 aromatic rings. The highest BCUT2D eigenvalue weighted by atomic mass is 35.5. The van der Waals surface area contributed by atoms with Gasteiger partial charge in [0.05, 0.1) is 0 Å². The number of hydrogen-bond acceptors (Lipinski definition) is 3. The normalized spacial score (nSPS) is 20.0. The monoisotopic (exact) mass is 362 g/mol. The lowest BCUT2D eigenvalue weighted by atomic mass is 10.0. The van der Waals surface area contributed by atoms with E-state index in [0.29, 0.717) is 10.7 Å². The van der Waals surface area contributed by atoms with E-state index in [0.717, 1.165) is 0 Å². The van der Waals surface area contributed by atoms with Crippen LogP contribution in [0.25, 0.3) is 0 Å². The lowest BCUT2D eigenvalue weighted by Crippen LogP contribution is -2.52. The van der Waals surface area contributed by atoms with Gasteiger partial charge < -0.3 is 15.3 Å². The molecule has 1 atom stereocenters. The molecule has 0 saturated carbocycles. The average Bonchev–Trinajstić information content (AvgIpc) is 2.92. The lowest BCUT2D eigenvalue weighted by molar-refractivity contribution is -0.149. The third kappa shape index (κ3) is 3.36. The molecule has 7 heteroatoms. The van der Waals surface area contributed by atoms with E-state index in [4.69, 9.17) is 11.6 Å². The number of halogens is 2. The smallest absolute Gasteiger partial charge is 0.268 e. The molecular formula is C18H16ClFN2O3. The first-order chi connectivity index (χ1) is 11.9. The second-order valence-electron chi connectivity index (χ2n) is 5.82. The van der Waals surface area contributed by atoms with E-state index in [9.17, 15) is 19.1 Å². The van der Waals surface area contributed by atoms with Gasteiger partial charge in [-0.15, -0.1) is 0 Å². The summed E-state index contributed by atoms with van der Waals surface area (Å²) in [6.07, 6.45) is -0.0371. The number of aliphatic hydroxyl groups is 1. The summed E-state index contributed by atoms with van der Waals surface area (Å²) in [7, 11) is 0. The Kier molecular flexibility index (Phi) is 4.74. The Balaban J connectivity index is 1.71. The van der Waals surface area contributed by atoms with Crippen LogP contribution in [-0.4, -0.2) is 29.1 Å². The number of rotatable bonds is 4. The lowest BCUT2D eigenvalue weighted by Gasteiger charge is -2.21. The quantitative estimate of drug-likeness (QED) is 0.820. The molecule has 2 amide bonds. The number of benzene rings is 2. The van der Waals surface area contributed by atoms with E-state index in [1.807, 2.05) is 6.07 Å². The minimum atomic E-state index is -2.16. The van der Waals surface area contributed by atoms with Gasteiger partial charge in [-0.25, -0.2) is 4.39 Å². The van der Waals surface area contributed by atoms with Gasteiger partial charge in [-0.1, -0.05) is 29.8 Å². The van der Waals surface area contributed by atoms with Crippen molar-refractivity contribution in [1.29, 1.82) is 0 Å². The van der Waals surface area contributed by atoms with Gasteiger partial charge in [0.2, 0.25) is 5.60 Å². The number of carbonyl (C=O) groups excluding carboxylic acids is 2. The largest absolute Gasteiger partial charge is 0.372 e. The zero-order valence-corrected chi connectivity index (χ0v) is 14.0. The van der Waals surface area contributed by atoms with E-state index < -0.39 is 23.2 Å². The van der Waals surface area contributed by atoms with Gasteiger partial charge in [0.1, 0.15) is 5.82 Å². The van der Waals surface area contributed by atoms with Gasteiger partial charge >= 0.3 is 0 Å². The Morgan fingerprint density at radius 3 is 2.72 bits per heavy atom. The number of amides is 2. The van der Waals surface area contributed by atoms with Crippen molar-refractivity contribution in [2.75, 3.05) is 11.4 Å². The number of nitrogens with zero attached hydrogens (tertiary/aromatic N) is 1. The molecule has 1 fully saturated rings. The molecule has 1 heterocycles. The van der Waals surface area contributed by atoms with Crippen molar-refractivity contribution >= 4 is 29.1 Å². The molecule has 2 aromatic carbocycles. The Hall–Kier alpha value is -2.44. The van der Waals surface area contributed by atoms with Crippen molar-refractivity contribution in [3.63, 3.8) is 0 Å². The van der Waals surface area contributed by atoms with Gasteiger partial charge in [-0.3, -0.25) is 9.59 Å². The maximum atomic E-state index is 13.7. The highest BCUT2D eigenvalue weighted by Crippen LogP contribution is 2.28. The number of hydrogen-bond donors (Lipinski definition) is 2. The first-order valence-electron chi connectivity index (χ1n) is 7.73. The fourth-order valence-electron chi connectivity index (χ4n) is 2.77. The minimum Gasteiger partial charge on any atom is -0.372 e. The summed E-state index contributed by atoms with van der Waals surface area (Å²) in [6.45, 7) is 0.0461. The molecule has 1 aliphatic rings. The van der Waals surface area contributed by atoms with E-state index in [2.05, 4.69) is 5.32 Å². The molecule has 0 spiro atoms. The summed E-state index contributed by atoms with van der Waals surface area (Å²) in [5.74, 6) is -2.07. The van der Waals surface area contributed by atoms with Gasteiger partial charge in [-0.05, 0) is 30.3 Å². The molecule has 3 rings (SSSR count). The zero-order valence-electron chi connectivity index (χ0n) is 13.2. The van der Waals surface area contributed by atoms with Crippen LogP contribution in [0.15, 0.2) is 48.5 Å². The van der Waals surface area contributed by atoms with Crippen molar-refractivity contribution < 1.29 is 19.1 Å². The van der Waals surface area contributed by atoms with Crippen molar-refractivity contribution in [2.45, 2.75) is 18.6 Å². The second kappa shape index (κ2) is 6.82. The van der Waals surface area contributed by atoms with Crippen LogP contribution in [0.5, 0.6) is 0 Å². The summed E-state index contributed by atoms with van der Waals surface area (Å²) in [5.41, 5.74) is -1.38. The van der Waals surface area contributed by atoms with Crippen molar-refractivity contribution in [3.8, 4) is 0 Å². The highest BCUT2D eigenvalue weighted by molar-refractivity contribution is 6.30. The Bertz CT molecular complexity index is 815. The molecule has 25 heavy (non-hydrogen) atoms. The summed E-state index contributed by atoms with van der Waals surface area (Å²) >= 11 is 5.81. The zero-order chi connectivity index (χ0) is 18.0. The van der Waals surface area contributed by atoms with Crippen LogP contribution < -0.4 is 10.2 Å². The van der Waals surface area contributed by atoms with Gasteiger partial charge in [0.15, 0.2) is 0 Å². The molecule has 0 bridgehead atoms. The molecule has 5 nitrogen and oxygen atoms in total. The van der Waals surface area contributed by atoms with Crippen LogP contribution >= 0.6 is 11.6 Å². The van der Waals surface area contributed by atoms with Gasteiger partial charge in [0, 0.05) is 35.8 Å². The summed E-state index contributed by atoms with van der Waals surface area (Å²) in [5, 5.41) is 13.3. The number of nitrogens with one attached hydrogen (secondary N) is 1. The molecular weight excluding hydrogens is 347 g/mol. The third-order valence-electron chi connectivity index (χ3n) is 4.19. The SMILES string of the molecule is O=C(NCc1cc(Cl)ccc1F)C1(O)CCN(c2ccccc2)C1=O. The highest BCUT2D eigenvalue weighted by Gasteiger charge is 2.51. The van der Waals surface area contributed by atoms with Crippen LogP contribution in [0.3, 0.4) is 0 Å². The predicted octanol–water partition coefficient (Wildman–Crippen LogP) is 2.26. The summed E-state index contributed by atoms with van der Waals surface area (Å²) in [6, 6.07) is 12.8. The van der Waals surface area contributed by atoms with Crippen LogP contribution in [-0.2, 0) is 16.1 Å². The molecule has 0 aromatic heterocycles. The molecule has 0 aliphatic carbocycles. The molecule has 1 saturated heterocycles. The molecule has 1 unspecified atom stereocenters. The third-order valence-corrected chi connectivity index (χ3v) is 4.42. The number of para-hydroxylation sites is 1. The van der Waals surface area contributed by atoms with E-state index in [1.54, 1.807) is 24.3 Å². The average molecular weight is 363 g/mol. The first-order valence-corrected chi connectivity index (χ1v) is 8.11.